The number of hydrogen-bond acceptors (Lipinski definition) is 2. The Bertz CT molecular complexity index is 723. The summed E-state index contributed by atoms with van der Waals surface area (Å²) < 4.78 is 0.734. The second-order valence-electron chi connectivity index (χ2n) is 5.81. The van der Waals surface area contributed by atoms with Crippen LogP contribution < -0.4 is 0 Å². The Labute approximate surface area is 136 Å². The van der Waals surface area contributed by atoms with Gasteiger partial charge in [-0.15, -0.1) is 0 Å². The number of pyridine rings is 1. The molecule has 0 aliphatic carbocycles. The number of likely N-dealkylation sites (tertiary alicyclic amines) is 1. The number of rotatable bonds is 2. The van der Waals surface area contributed by atoms with Crippen LogP contribution in [0, 0.1) is 11.6 Å². The van der Waals surface area contributed by atoms with Gasteiger partial charge < -0.3 is 9.88 Å². The van der Waals surface area contributed by atoms with Gasteiger partial charge in [-0.3, -0.25) is 4.79 Å². The summed E-state index contributed by atoms with van der Waals surface area (Å²) in [5.74, 6) is 0.118. The van der Waals surface area contributed by atoms with E-state index in [-0.39, 0.29) is 11.9 Å². The number of amides is 1. The normalized spacial score (nSPS) is 18.2. The summed E-state index contributed by atoms with van der Waals surface area (Å²) in [5.41, 5.74) is 3.09. The van der Waals surface area contributed by atoms with Gasteiger partial charge in [-0.25, -0.2) is 0 Å². The van der Waals surface area contributed by atoms with Gasteiger partial charge in [-0.2, -0.15) is 0 Å². The first-order chi connectivity index (χ1) is 10.7. The standard InChI is InChI=1S/C18H20N2OS/c1-13-11-17(22)19-12-15(13)16-9-5-6-10-20(16)18(21)14-7-3-2-4-8-14/h2-4,7-8,11-12,16H,5-6,9-10H2,1H3,(H,19,22)/t16-/m0/s1. The van der Waals surface area contributed by atoms with E-state index >= 15 is 0 Å². The van der Waals surface area contributed by atoms with Crippen LogP contribution in [-0.4, -0.2) is 22.3 Å². The lowest BCUT2D eigenvalue weighted by Crippen LogP contribution is -2.38. The lowest BCUT2D eigenvalue weighted by atomic mass is 9.93. The molecule has 0 spiro atoms. The van der Waals surface area contributed by atoms with E-state index in [2.05, 4.69) is 11.9 Å². The number of carbonyl (C=O) groups excluding carboxylic acids is 1. The molecule has 1 aromatic heterocycles. The number of hydrogen-bond donors (Lipinski definition) is 1. The zero-order chi connectivity index (χ0) is 15.5. The molecule has 0 radical (unpaired) electrons. The van der Waals surface area contributed by atoms with E-state index in [0.717, 1.165) is 41.6 Å². The molecular formula is C18H20N2OS. The largest absolute Gasteiger partial charge is 0.353 e. The predicted octanol–water partition coefficient (Wildman–Crippen LogP) is 4.42. The molecule has 1 aliphatic rings. The maximum Gasteiger partial charge on any atom is 0.254 e. The molecule has 114 valence electrons. The van der Waals surface area contributed by atoms with Gasteiger partial charge in [0.1, 0.15) is 4.64 Å². The van der Waals surface area contributed by atoms with Crippen molar-refractivity contribution in [1.29, 1.82) is 0 Å². The van der Waals surface area contributed by atoms with Crippen LogP contribution in [0.2, 0.25) is 0 Å². The topological polar surface area (TPSA) is 36.1 Å². The third kappa shape index (κ3) is 2.97. The highest BCUT2D eigenvalue weighted by Gasteiger charge is 2.29. The molecule has 4 heteroatoms. The molecule has 1 atom stereocenters. The maximum absolute atomic E-state index is 12.9. The van der Waals surface area contributed by atoms with Crippen LogP contribution in [-0.2, 0) is 0 Å². The van der Waals surface area contributed by atoms with E-state index in [1.165, 1.54) is 5.56 Å². The van der Waals surface area contributed by atoms with Gasteiger partial charge in [-0.05, 0) is 55.5 Å². The quantitative estimate of drug-likeness (QED) is 0.833. The minimum atomic E-state index is 0.118. The van der Waals surface area contributed by atoms with E-state index in [9.17, 15) is 4.79 Å². The third-order valence-electron chi connectivity index (χ3n) is 4.32. The summed E-state index contributed by atoms with van der Waals surface area (Å²) in [6.45, 7) is 2.88. The lowest BCUT2D eigenvalue weighted by molar-refractivity contribution is 0.0610. The van der Waals surface area contributed by atoms with E-state index < -0.39 is 0 Å². The Hall–Kier alpha value is -1.94. The van der Waals surface area contributed by atoms with Crippen molar-refractivity contribution in [2.24, 2.45) is 0 Å². The van der Waals surface area contributed by atoms with Crippen molar-refractivity contribution in [1.82, 2.24) is 9.88 Å². The van der Waals surface area contributed by atoms with Crippen molar-refractivity contribution in [3.63, 3.8) is 0 Å². The molecule has 3 nitrogen and oxygen atoms in total. The number of aromatic amines is 1. The van der Waals surface area contributed by atoms with Gasteiger partial charge in [0.25, 0.3) is 5.91 Å². The lowest BCUT2D eigenvalue weighted by Gasteiger charge is -2.36. The Morgan fingerprint density at radius 3 is 2.77 bits per heavy atom. The van der Waals surface area contributed by atoms with Crippen LogP contribution in [0.4, 0.5) is 0 Å². The Morgan fingerprint density at radius 2 is 2.05 bits per heavy atom. The van der Waals surface area contributed by atoms with Gasteiger partial charge in [-0.1, -0.05) is 30.4 Å². The zero-order valence-electron chi connectivity index (χ0n) is 12.7. The molecule has 1 N–H and O–H groups in total. The number of nitrogens with one attached hydrogen (secondary N) is 1. The average molecular weight is 312 g/mol. The Kier molecular flexibility index (Phi) is 4.39. The molecule has 1 aromatic carbocycles. The second kappa shape index (κ2) is 6.44. The highest BCUT2D eigenvalue weighted by Crippen LogP contribution is 2.33. The molecule has 0 bridgehead atoms. The Morgan fingerprint density at radius 1 is 1.27 bits per heavy atom. The van der Waals surface area contributed by atoms with E-state index in [1.54, 1.807) is 0 Å². The van der Waals surface area contributed by atoms with Crippen molar-refractivity contribution >= 4 is 18.1 Å². The molecule has 22 heavy (non-hydrogen) atoms. The summed E-state index contributed by atoms with van der Waals surface area (Å²) >= 11 is 5.18. The van der Waals surface area contributed by atoms with E-state index in [4.69, 9.17) is 12.2 Å². The zero-order valence-corrected chi connectivity index (χ0v) is 13.5. The van der Waals surface area contributed by atoms with Crippen LogP contribution in [0.5, 0.6) is 0 Å². The van der Waals surface area contributed by atoms with Crippen LogP contribution >= 0.6 is 12.2 Å². The number of benzene rings is 1. The van der Waals surface area contributed by atoms with Gasteiger partial charge >= 0.3 is 0 Å². The summed E-state index contributed by atoms with van der Waals surface area (Å²) in [7, 11) is 0. The van der Waals surface area contributed by atoms with Gasteiger partial charge in [0.2, 0.25) is 0 Å². The van der Waals surface area contributed by atoms with Gasteiger partial charge in [0, 0.05) is 18.3 Å². The van der Waals surface area contributed by atoms with Crippen LogP contribution in [0.15, 0.2) is 42.6 Å². The van der Waals surface area contributed by atoms with Crippen molar-refractivity contribution in [3.8, 4) is 0 Å². The molecule has 2 heterocycles. The minimum absolute atomic E-state index is 0.118. The molecule has 0 unspecified atom stereocenters. The highest BCUT2D eigenvalue weighted by molar-refractivity contribution is 7.71. The first kappa shape index (κ1) is 15.0. The number of H-pyrrole nitrogens is 1. The van der Waals surface area contributed by atoms with Gasteiger partial charge in [0.15, 0.2) is 0 Å². The summed E-state index contributed by atoms with van der Waals surface area (Å²) in [6.07, 6.45) is 5.19. The first-order valence-corrected chi connectivity index (χ1v) is 8.13. The average Bonchev–Trinajstić information content (AvgIpc) is 2.55. The SMILES string of the molecule is Cc1cc(=S)[nH]cc1[C@@H]1CCCCN1C(=O)c1ccccc1. The third-order valence-corrected chi connectivity index (χ3v) is 4.55. The van der Waals surface area contributed by atoms with Crippen molar-refractivity contribution < 1.29 is 4.79 Å². The van der Waals surface area contributed by atoms with E-state index in [0.29, 0.717) is 0 Å². The number of carbonyl (C=O) groups is 1. The highest BCUT2D eigenvalue weighted by atomic mass is 32.1. The molecule has 1 saturated heterocycles. The maximum atomic E-state index is 12.9. The number of aryl methyl sites for hydroxylation is 1. The monoisotopic (exact) mass is 312 g/mol. The Balaban J connectivity index is 1.94. The molecule has 3 rings (SSSR count). The second-order valence-corrected chi connectivity index (χ2v) is 6.25. The first-order valence-electron chi connectivity index (χ1n) is 7.72. The fourth-order valence-corrected chi connectivity index (χ4v) is 3.42. The molecule has 1 amide bonds. The fourth-order valence-electron chi connectivity index (χ4n) is 3.19. The van der Waals surface area contributed by atoms with E-state index in [1.807, 2.05) is 47.5 Å². The van der Waals surface area contributed by atoms with Crippen molar-refractivity contribution in [2.45, 2.75) is 32.2 Å². The minimum Gasteiger partial charge on any atom is -0.353 e. The molecule has 2 aromatic rings. The number of piperidine rings is 1. The van der Waals surface area contributed by atoms with Crippen molar-refractivity contribution in [2.75, 3.05) is 6.54 Å². The van der Waals surface area contributed by atoms with Crippen LogP contribution in [0.25, 0.3) is 0 Å². The smallest absolute Gasteiger partial charge is 0.254 e. The molecule has 0 saturated carbocycles. The molecule has 1 fully saturated rings. The summed E-state index contributed by atoms with van der Waals surface area (Å²) in [5, 5.41) is 0. The van der Waals surface area contributed by atoms with Gasteiger partial charge in [0.05, 0.1) is 6.04 Å². The van der Waals surface area contributed by atoms with Crippen LogP contribution in [0.3, 0.4) is 0 Å². The van der Waals surface area contributed by atoms with Crippen LogP contribution in [0.1, 0.15) is 46.8 Å². The molecular weight excluding hydrogens is 292 g/mol. The predicted molar refractivity (Wildman–Crippen MR) is 90.4 cm³/mol. The fraction of sp³-hybridized carbons (Fsp3) is 0.333. The molecule has 1 aliphatic heterocycles. The number of nitrogens with zero attached hydrogens (tertiary/aromatic N) is 1. The van der Waals surface area contributed by atoms with Crippen molar-refractivity contribution in [3.05, 3.63) is 63.9 Å². The number of aromatic nitrogens is 1. The summed E-state index contributed by atoms with van der Waals surface area (Å²) in [4.78, 5) is 18.0. The summed E-state index contributed by atoms with van der Waals surface area (Å²) in [6, 6.07) is 11.6.